The predicted molar refractivity (Wildman–Crippen MR) is 136 cm³/mol. The Morgan fingerprint density at radius 2 is 1.89 bits per heavy atom. The van der Waals surface area contributed by atoms with Crippen LogP contribution in [0.1, 0.15) is 29.6 Å². The van der Waals surface area contributed by atoms with Crippen LogP contribution >= 0.6 is 0 Å². The highest BCUT2D eigenvalue weighted by Gasteiger charge is 2.40. The standard InChI is InChI=1S/C27H30N6O3/c1-28-26(34)18-4-2-3-17(10-18)23-8-7-22-24(29-23)30-27(33-19-5-6-20(33)15-35-14-19)31-25(22)32-11-16-9-21(12-32)36-13-16/h2-4,7-8,10,16,19-21H,5-6,9,11-15H2,1H3,(H,28,34). The molecule has 0 aliphatic carbocycles. The van der Waals surface area contributed by atoms with Crippen LogP contribution in [0.3, 0.4) is 0 Å². The highest BCUT2D eigenvalue weighted by atomic mass is 16.5. The quantitative estimate of drug-likeness (QED) is 0.602. The van der Waals surface area contributed by atoms with Crippen LogP contribution in [0.25, 0.3) is 22.3 Å². The summed E-state index contributed by atoms with van der Waals surface area (Å²) in [6, 6.07) is 12.2. The molecule has 0 radical (unpaired) electrons. The van der Waals surface area contributed by atoms with Crippen molar-refractivity contribution in [3.05, 3.63) is 42.0 Å². The van der Waals surface area contributed by atoms with E-state index in [9.17, 15) is 4.79 Å². The number of pyridine rings is 1. The number of piperidine rings is 1. The molecular formula is C27H30N6O3. The van der Waals surface area contributed by atoms with Crippen LogP contribution in [0.2, 0.25) is 0 Å². The SMILES string of the molecule is CNC(=O)c1cccc(-c2ccc3c(N4CC5COC(C5)C4)nc(N4C5CCC4COC5)nc3n2)c1. The van der Waals surface area contributed by atoms with E-state index >= 15 is 0 Å². The van der Waals surface area contributed by atoms with Gasteiger partial charge >= 0.3 is 0 Å². The van der Waals surface area contributed by atoms with Gasteiger partial charge in [0.25, 0.3) is 5.91 Å². The molecule has 4 saturated heterocycles. The van der Waals surface area contributed by atoms with Crippen LogP contribution in [-0.2, 0) is 9.47 Å². The predicted octanol–water partition coefficient (Wildman–Crippen LogP) is 2.64. The zero-order valence-electron chi connectivity index (χ0n) is 20.4. The summed E-state index contributed by atoms with van der Waals surface area (Å²) >= 11 is 0. The van der Waals surface area contributed by atoms with E-state index in [4.69, 9.17) is 24.4 Å². The van der Waals surface area contributed by atoms with E-state index in [0.717, 1.165) is 67.4 Å². The maximum Gasteiger partial charge on any atom is 0.251 e. The third-order valence-corrected chi connectivity index (χ3v) is 8.01. The minimum absolute atomic E-state index is 0.116. The maximum absolute atomic E-state index is 12.2. The number of ether oxygens (including phenoxy) is 2. The number of fused-ring (bicyclic) bond motifs is 5. The number of hydrogen-bond donors (Lipinski definition) is 1. The van der Waals surface area contributed by atoms with Crippen LogP contribution in [0.4, 0.5) is 11.8 Å². The van der Waals surface area contributed by atoms with Crippen molar-refractivity contribution in [3.63, 3.8) is 0 Å². The Morgan fingerprint density at radius 3 is 2.69 bits per heavy atom. The van der Waals surface area contributed by atoms with E-state index in [1.54, 1.807) is 7.05 Å². The Balaban J connectivity index is 1.34. The monoisotopic (exact) mass is 486 g/mol. The Morgan fingerprint density at radius 1 is 1.03 bits per heavy atom. The van der Waals surface area contributed by atoms with Gasteiger partial charge in [-0.15, -0.1) is 0 Å². The van der Waals surface area contributed by atoms with Crippen molar-refractivity contribution in [2.45, 2.75) is 37.5 Å². The smallest absolute Gasteiger partial charge is 0.251 e. The molecule has 1 aromatic carbocycles. The lowest BCUT2D eigenvalue weighted by Gasteiger charge is -2.36. The summed E-state index contributed by atoms with van der Waals surface area (Å²) in [4.78, 5) is 32.1. The lowest BCUT2D eigenvalue weighted by atomic mass is 10.00. The summed E-state index contributed by atoms with van der Waals surface area (Å²) in [6.07, 6.45) is 3.59. The molecule has 7 rings (SSSR count). The van der Waals surface area contributed by atoms with Crippen molar-refractivity contribution < 1.29 is 14.3 Å². The molecule has 9 nitrogen and oxygen atoms in total. The first-order valence-electron chi connectivity index (χ1n) is 12.9. The number of anilines is 2. The minimum Gasteiger partial charge on any atom is -0.377 e. The molecule has 1 N–H and O–H groups in total. The number of carbonyl (C=O) groups excluding carboxylic acids is 1. The number of carbonyl (C=O) groups is 1. The molecule has 2 aromatic heterocycles. The molecule has 4 atom stereocenters. The summed E-state index contributed by atoms with van der Waals surface area (Å²) in [7, 11) is 1.64. The van der Waals surface area contributed by atoms with Crippen molar-refractivity contribution in [1.29, 1.82) is 0 Å². The molecule has 9 heteroatoms. The Kier molecular flexibility index (Phi) is 5.28. The Labute approximate surface area is 209 Å². The van der Waals surface area contributed by atoms with Gasteiger partial charge in [0.15, 0.2) is 5.65 Å². The van der Waals surface area contributed by atoms with E-state index in [2.05, 4.69) is 21.2 Å². The molecule has 0 saturated carbocycles. The molecule has 4 fully saturated rings. The summed E-state index contributed by atoms with van der Waals surface area (Å²) in [5, 5.41) is 3.64. The Bertz CT molecular complexity index is 1300. The van der Waals surface area contributed by atoms with Gasteiger partial charge in [-0.25, -0.2) is 4.98 Å². The maximum atomic E-state index is 12.2. The third-order valence-electron chi connectivity index (χ3n) is 8.01. The fourth-order valence-electron chi connectivity index (χ4n) is 6.26. The van der Waals surface area contributed by atoms with Crippen LogP contribution in [0, 0.1) is 5.92 Å². The largest absolute Gasteiger partial charge is 0.377 e. The summed E-state index contributed by atoms with van der Waals surface area (Å²) in [6.45, 7) is 4.04. The number of amides is 1. The highest BCUT2D eigenvalue weighted by Crippen LogP contribution is 2.37. The van der Waals surface area contributed by atoms with Crippen LogP contribution in [0.5, 0.6) is 0 Å². The van der Waals surface area contributed by atoms with Gasteiger partial charge in [0.2, 0.25) is 5.95 Å². The van der Waals surface area contributed by atoms with Gasteiger partial charge in [-0.05, 0) is 43.5 Å². The third kappa shape index (κ3) is 3.69. The number of nitrogens with zero attached hydrogens (tertiary/aromatic N) is 5. The lowest BCUT2D eigenvalue weighted by molar-refractivity contribution is 0.0898. The molecule has 4 unspecified atom stereocenters. The van der Waals surface area contributed by atoms with Gasteiger partial charge in [-0.1, -0.05) is 12.1 Å². The summed E-state index contributed by atoms with van der Waals surface area (Å²) in [5.74, 6) is 2.11. The number of benzene rings is 1. The second-order valence-corrected chi connectivity index (χ2v) is 10.4. The van der Waals surface area contributed by atoms with E-state index in [1.807, 2.05) is 30.3 Å². The van der Waals surface area contributed by atoms with Gasteiger partial charge in [0.1, 0.15) is 5.82 Å². The van der Waals surface area contributed by atoms with Gasteiger partial charge in [-0.3, -0.25) is 4.79 Å². The highest BCUT2D eigenvalue weighted by molar-refractivity contribution is 5.95. The number of nitrogens with one attached hydrogen (secondary N) is 1. The van der Waals surface area contributed by atoms with Crippen molar-refractivity contribution in [3.8, 4) is 11.3 Å². The van der Waals surface area contributed by atoms with Crippen LogP contribution < -0.4 is 15.1 Å². The van der Waals surface area contributed by atoms with E-state index in [1.165, 1.54) is 0 Å². The van der Waals surface area contributed by atoms with E-state index < -0.39 is 0 Å². The zero-order valence-corrected chi connectivity index (χ0v) is 20.4. The molecule has 4 aliphatic rings. The van der Waals surface area contributed by atoms with Crippen molar-refractivity contribution >= 4 is 28.7 Å². The number of hydrogen-bond acceptors (Lipinski definition) is 8. The van der Waals surface area contributed by atoms with Gasteiger partial charge < -0.3 is 24.6 Å². The zero-order chi connectivity index (χ0) is 24.2. The van der Waals surface area contributed by atoms with Crippen molar-refractivity contribution in [1.82, 2.24) is 20.3 Å². The Hall–Kier alpha value is -3.30. The van der Waals surface area contributed by atoms with Crippen LogP contribution in [0.15, 0.2) is 36.4 Å². The summed E-state index contributed by atoms with van der Waals surface area (Å²) in [5.41, 5.74) is 2.96. The minimum atomic E-state index is -0.116. The van der Waals surface area contributed by atoms with E-state index in [0.29, 0.717) is 42.4 Å². The molecule has 36 heavy (non-hydrogen) atoms. The first kappa shape index (κ1) is 21.9. The average Bonchev–Trinajstić information content (AvgIpc) is 3.39. The molecule has 186 valence electrons. The molecular weight excluding hydrogens is 456 g/mol. The summed E-state index contributed by atoms with van der Waals surface area (Å²) < 4.78 is 11.8. The van der Waals surface area contributed by atoms with Crippen molar-refractivity contribution in [2.75, 3.05) is 49.8 Å². The fraction of sp³-hybridized carbons (Fsp3) is 0.481. The molecule has 4 aliphatic heterocycles. The van der Waals surface area contributed by atoms with Crippen molar-refractivity contribution in [2.24, 2.45) is 5.92 Å². The second kappa shape index (κ2) is 8.67. The molecule has 6 heterocycles. The second-order valence-electron chi connectivity index (χ2n) is 10.4. The van der Waals surface area contributed by atoms with Crippen LogP contribution in [-0.4, -0.2) is 79.0 Å². The normalized spacial score (nSPS) is 27.0. The van der Waals surface area contributed by atoms with Gasteiger partial charge in [0.05, 0.1) is 49.1 Å². The number of aromatic nitrogens is 3. The topological polar surface area (TPSA) is 92.7 Å². The lowest BCUT2D eigenvalue weighted by Crippen LogP contribution is -2.47. The first-order valence-corrected chi connectivity index (χ1v) is 12.9. The molecule has 3 aromatic rings. The van der Waals surface area contributed by atoms with Gasteiger partial charge in [0, 0.05) is 37.2 Å². The first-order chi connectivity index (χ1) is 17.7. The fourth-order valence-corrected chi connectivity index (χ4v) is 6.26. The van der Waals surface area contributed by atoms with Gasteiger partial charge in [-0.2, -0.15) is 9.97 Å². The van der Waals surface area contributed by atoms with E-state index in [-0.39, 0.29) is 12.0 Å². The average molecular weight is 487 g/mol. The number of rotatable bonds is 4. The number of morpholine rings is 1. The molecule has 1 amide bonds. The molecule has 4 bridgehead atoms. The molecule has 0 spiro atoms.